The second kappa shape index (κ2) is 10.6. The van der Waals surface area contributed by atoms with Gasteiger partial charge in [0.25, 0.3) is 0 Å². The molecule has 12 heteroatoms. The number of nitrogens with zero attached hydrogens (tertiary/aromatic N) is 3. The number of piperazine rings is 1. The Balaban J connectivity index is 1.54. The van der Waals surface area contributed by atoms with Gasteiger partial charge in [0.05, 0.1) is 17.0 Å². The van der Waals surface area contributed by atoms with E-state index >= 15 is 0 Å². The van der Waals surface area contributed by atoms with Crippen molar-refractivity contribution in [1.29, 1.82) is 0 Å². The first-order chi connectivity index (χ1) is 16.2. The summed E-state index contributed by atoms with van der Waals surface area (Å²) >= 11 is 0. The minimum atomic E-state index is -4.94. The molecule has 0 unspecified atom stereocenters. The summed E-state index contributed by atoms with van der Waals surface area (Å²) in [7, 11) is 1.35. The van der Waals surface area contributed by atoms with Crippen molar-refractivity contribution in [1.82, 2.24) is 14.7 Å². The van der Waals surface area contributed by atoms with E-state index in [-0.39, 0.29) is 17.5 Å². The highest BCUT2D eigenvalue weighted by Gasteiger charge is 2.37. The molecule has 0 atom stereocenters. The fourth-order valence-corrected chi connectivity index (χ4v) is 4.77. The van der Waals surface area contributed by atoms with Crippen LogP contribution in [0.3, 0.4) is 0 Å². The molecule has 2 amide bonds. The predicted octanol–water partition coefficient (Wildman–Crippen LogP) is 4.78. The van der Waals surface area contributed by atoms with E-state index in [1.807, 2.05) is 0 Å². The molecule has 2 aliphatic rings. The molecule has 6 nitrogen and oxygen atoms in total. The number of carboxylic acid groups (broad SMARTS) is 1. The Morgan fingerprint density at radius 2 is 1.43 bits per heavy atom. The standard InChI is InChI=1S/C23H29F6N3O3/c1-30(13-16-10-18(22(24,25)26)12-19(11-16)23(27,28)29)21(35)32-8-6-31(7-9-32)14-15-2-4-17(5-3-15)20(33)34/h10-12,15,17H,2-9,13-14H2,1H3,(H,33,34). The molecule has 3 rings (SSSR count). The lowest BCUT2D eigenvalue weighted by Gasteiger charge is -2.39. The van der Waals surface area contributed by atoms with Gasteiger partial charge >= 0.3 is 24.4 Å². The number of alkyl halides is 6. The Hall–Kier alpha value is -2.50. The van der Waals surface area contributed by atoms with E-state index in [1.54, 1.807) is 0 Å². The zero-order chi connectivity index (χ0) is 26.0. The van der Waals surface area contributed by atoms with Gasteiger partial charge < -0.3 is 14.9 Å². The molecule has 1 aliphatic heterocycles. The first kappa shape index (κ1) is 27.1. The summed E-state index contributed by atoms with van der Waals surface area (Å²) in [6.45, 7) is 2.40. The Morgan fingerprint density at radius 3 is 1.89 bits per heavy atom. The molecular formula is C23H29F6N3O3. The third-order valence-corrected chi connectivity index (χ3v) is 6.75. The maximum Gasteiger partial charge on any atom is 0.416 e. The van der Waals surface area contributed by atoms with Crippen LogP contribution in [0, 0.1) is 11.8 Å². The summed E-state index contributed by atoms with van der Waals surface area (Å²) in [5.41, 5.74) is -3.07. The van der Waals surface area contributed by atoms with Gasteiger partial charge in [-0.15, -0.1) is 0 Å². The Labute approximate surface area is 199 Å². The third-order valence-electron chi connectivity index (χ3n) is 6.75. The first-order valence-corrected chi connectivity index (χ1v) is 11.5. The van der Waals surface area contributed by atoms with Crippen molar-refractivity contribution in [2.75, 3.05) is 39.8 Å². The van der Waals surface area contributed by atoms with Gasteiger partial charge in [-0.3, -0.25) is 9.69 Å². The maximum atomic E-state index is 13.1. The average molecular weight is 509 g/mol. The number of carboxylic acids is 1. The predicted molar refractivity (Wildman–Crippen MR) is 114 cm³/mol. The van der Waals surface area contributed by atoms with Crippen molar-refractivity contribution in [3.63, 3.8) is 0 Å². The van der Waals surface area contributed by atoms with E-state index in [0.29, 0.717) is 57.1 Å². The van der Waals surface area contributed by atoms with E-state index in [4.69, 9.17) is 5.11 Å². The second-order valence-corrected chi connectivity index (χ2v) is 9.40. The van der Waals surface area contributed by atoms with Crippen LogP contribution >= 0.6 is 0 Å². The van der Waals surface area contributed by atoms with Gasteiger partial charge in [-0.2, -0.15) is 26.3 Å². The van der Waals surface area contributed by atoms with Crippen LogP contribution < -0.4 is 0 Å². The zero-order valence-corrected chi connectivity index (χ0v) is 19.3. The van der Waals surface area contributed by atoms with Gasteiger partial charge in [-0.05, 0) is 55.4 Å². The number of hydrogen-bond acceptors (Lipinski definition) is 3. The molecule has 1 saturated carbocycles. The SMILES string of the molecule is CN(Cc1cc(C(F)(F)F)cc(C(F)(F)F)c1)C(=O)N1CCN(CC2CCC(C(=O)O)CC2)CC1. The van der Waals surface area contributed by atoms with Crippen LogP contribution in [0.2, 0.25) is 0 Å². The van der Waals surface area contributed by atoms with E-state index < -0.39 is 42.0 Å². The van der Waals surface area contributed by atoms with Gasteiger partial charge in [0.15, 0.2) is 0 Å². The lowest BCUT2D eigenvalue weighted by Crippen LogP contribution is -2.52. The second-order valence-electron chi connectivity index (χ2n) is 9.40. The number of urea groups is 1. The van der Waals surface area contributed by atoms with Gasteiger partial charge in [0, 0.05) is 46.3 Å². The molecule has 1 aliphatic carbocycles. The van der Waals surface area contributed by atoms with Crippen molar-refractivity contribution in [2.45, 2.75) is 44.6 Å². The van der Waals surface area contributed by atoms with Gasteiger partial charge in [0.1, 0.15) is 0 Å². The molecule has 1 aromatic carbocycles. The first-order valence-electron chi connectivity index (χ1n) is 11.5. The molecule has 0 radical (unpaired) electrons. The highest BCUT2D eigenvalue weighted by molar-refractivity contribution is 5.74. The zero-order valence-electron chi connectivity index (χ0n) is 19.3. The lowest BCUT2D eigenvalue weighted by molar-refractivity contribution is -0.144. The number of amides is 2. The van der Waals surface area contributed by atoms with Crippen LogP contribution in [0.25, 0.3) is 0 Å². The molecule has 196 valence electrons. The van der Waals surface area contributed by atoms with E-state index in [1.165, 1.54) is 11.9 Å². The van der Waals surface area contributed by atoms with Crippen molar-refractivity contribution < 1.29 is 41.0 Å². The van der Waals surface area contributed by atoms with Gasteiger partial charge in [0.2, 0.25) is 0 Å². The molecule has 0 bridgehead atoms. The van der Waals surface area contributed by atoms with Crippen LogP contribution in [-0.4, -0.2) is 71.6 Å². The lowest BCUT2D eigenvalue weighted by atomic mass is 9.82. The van der Waals surface area contributed by atoms with Gasteiger partial charge in [-0.25, -0.2) is 4.79 Å². The molecule has 1 saturated heterocycles. The summed E-state index contributed by atoms with van der Waals surface area (Å²) in [5, 5.41) is 9.11. The Kier molecular flexibility index (Phi) is 8.23. The summed E-state index contributed by atoms with van der Waals surface area (Å²) in [6.07, 6.45) is -6.88. The van der Waals surface area contributed by atoms with Crippen molar-refractivity contribution in [3.8, 4) is 0 Å². The van der Waals surface area contributed by atoms with E-state index in [2.05, 4.69) is 4.90 Å². The molecule has 0 spiro atoms. The number of aliphatic carboxylic acids is 1. The molecule has 35 heavy (non-hydrogen) atoms. The number of hydrogen-bond donors (Lipinski definition) is 1. The monoisotopic (exact) mass is 509 g/mol. The van der Waals surface area contributed by atoms with Crippen LogP contribution in [0.5, 0.6) is 0 Å². The summed E-state index contributed by atoms with van der Waals surface area (Å²) in [5.74, 6) is -0.626. The fraction of sp³-hybridized carbons (Fsp3) is 0.652. The maximum absolute atomic E-state index is 13.1. The van der Waals surface area contributed by atoms with Gasteiger partial charge in [-0.1, -0.05) is 0 Å². The topological polar surface area (TPSA) is 64.1 Å². The fourth-order valence-electron chi connectivity index (χ4n) is 4.77. The van der Waals surface area contributed by atoms with E-state index in [9.17, 15) is 35.9 Å². The quantitative estimate of drug-likeness (QED) is 0.581. The smallest absolute Gasteiger partial charge is 0.416 e. The van der Waals surface area contributed by atoms with Crippen LogP contribution in [0.4, 0.5) is 31.1 Å². The summed E-state index contributed by atoms with van der Waals surface area (Å²) < 4.78 is 78.6. The molecule has 1 aromatic rings. The summed E-state index contributed by atoms with van der Waals surface area (Å²) in [6, 6.07) is 0.877. The van der Waals surface area contributed by atoms with Crippen molar-refractivity contribution in [2.24, 2.45) is 11.8 Å². The number of benzene rings is 1. The molecule has 0 aromatic heterocycles. The highest BCUT2D eigenvalue weighted by atomic mass is 19.4. The molecular weight excluding hydrogens is 480 g/mol. The molecule has 1 N–H and O–H groups in total. The molecule has 1 heterocycles. The number of halogens is 6. The minimum Gasteiger partial charge on any atom is -0.481 e. The highest BCUT2D eigenvalue weighted by Crippen LogP contribution is 2.36. The van der Waals surface area contributed by atoms with E-state index in [0.717, 1.165) is 24.3 Å². The Morgan fingerprint density at radius 1 is 0.914 bits per heavy atom. The van der Waals surface area contributed by atoms with Crippen LogP contribution in [0.1, 0.15) is 42.4 Å². The average Bonchev–Trinajstić information content (AvgIpc) is 2.78. The van der Waals surface area contributed by atoms with Crippen molar-refractivity contribution in [3.05, 3.63) is 34.9 Å². The summed E-state index contributed by atoms with van der Waals surface area (Å²) in [4.78, 5) is 28.8. The normalized spacial score (nSPS) is 22.2. The molecule has 2 fully saturated rings. The third kappa shape index (κ3) is 7.25. The largest absolute Gasteiger partial charge is 0.481 e. The number of carbonyl (C=O) groups excluding carboxylic acids is 1. The minimum absolute atomic E-state index is 0.0681. The number of carbonyl (C=O) groups is 2. The van der Waals surface area contributed by atoms with Crippen molar-refractivity contribution >= 4 is 12.0 Å². The number of rotatable bonds is 5. The van der Waals surface area contributed by atoms with Crippen LogP contribution in [0.15, 0.2) is 18.2 Å². The van der Waals surface area contributed by atoms with Crippen LogP contribution in [-0.2, 0) is 23.7 Å². The Bertz CT molecular complexity index is 872.